The minimum atomic E-state index is 0.343. The summed E-state index contributed by atoms with van der Waals surface area (Å²) >= 11 is 0. The predicted molar refractivity (Wildman–Crippen MR) is 173 cm³/mol. The average Bonchev–Trinajstić information content (AvgIpc) is 3.55. The van der Waals surface area contributed by atoms with Crippen molar-refractivity contribution >= 4 is 43.8 Å². The summed E-state index contributed by atoms with van der Waals surface area (Å²) in [5, 5.41) is 4.86. The number of aromatic nitrogens is 2. The van der Waals surface area contributed by atoms with Gasteiger partial charge in [-0.1, -0.05) is 85.0 Å². The maximum Gasteiger partial charge on any atom is 0.0714 e. The molecule has 0 N–H and O–H groups in total. The molecule has 0 saturated carbocycles. The SMILES string of the molecule is C1=C2c3ccccc3C3=CC=C4c5cc6c(-c7ccccn7)c7ccccc7c(-c7ccccn7)c6cc5C(=C1)C4C23. The highest BCUT2D eigenvalue weighted by Crippen LogP contribution is 2.63. The zero-order chi connectivity index (χ0) is 27.4. The van der Waals surface area contributed by atoms with Crippen molar-refractivity contribution in [1.82, 2.24) is 9.97 Å². The zero-order valence-corrected chi connectivity index (χ0v) is 22.8. The molecule has 0 fully saturated rings. The molecule has 0 saturated heterocycles. The van der Waals surface area contributed by atoms with Crippen LogP contribution in [0.2, 0.25) is 0 Å². The number of fused-ring (bicyclic) bond motifs is 8. The highest BCUT2D eigenvalue weighted by Gasteiger charge is 2.47. The Morgan fingerprint density at radius 3 is 1.21 bits per heavy atom. The molecule has 2 heteroatoms. The maximum atomic E-state index is 4.87. The Morgan fingerprint density at radius 1 is 0.381 bits per heavy atom. The normalized spacial score (nSPS) is 19.0. The lowest BCUT2D eigenvalue weighted by Gasteiger charge is -2.30. The van der Waals surface area contributed by atoms with Gasteiger partial charge in [0.1, 0.15) is 0 Å². The van der Waals surface area contributed by atoms with E-state index < -0.39 is 0 Å². The summed E-state index contributed by atoms with van der Waals surface area (Å²) in [7, 11) is 0. The van der Waals surface area contributed by atoms with Crippen LogP contribution in [0.1, 0.15) is 22.3 Å². The maximum absolute atomic E-state index is 4.87. The number of hydrogen-bond donors (Lipinski definition) is 0. The van der Waals surface area contributed by atoms with E-state index in [9.17, 15) is 0 Å². The molecule has 0 spiro atoms. The van der Waals surface area contributed by atoms with Gasteiger partial charge in [-0.2, -0.15) is 0 Å². The molecule has 0 amide bonds. The van der Waals surface area contributed by atoms with Crippen molar-refractivity contribution in [3.05, 3.63) is 156 Å². The van der Waals surface area contributed by atoms with Crippen molar-refractivity contribution in [2.45, 2.75) is 0 Å². The quantitative estimate of drug-likeness (QED) is 0.208. The van der Waals surface area contributed by atoms with E-state index in [2.05, 4.69) is 109 Å². The number of benzene rings is 4. The van der Waals surface area contributed by atoms with E-state index in [1.54, 1.807) is 0 Å². The lowest BCUT2D eigenvalue weighted by molar-refractivity contribution is 0.758. The van der Waals surface area contributed by atoms with Crippen LogP contribution in [0.25, 0.3) is 66.4 Å². The fourth-order valence-corrected chi connectivity index (χ4v) is 8.12. The van der Waals surface area contributed by atoms with Gasteiger partial charge in [0.2, 0.25) is 0 Å². The van der Waals surface area contributed by atoms with Crippen LogP contribution in [0, 0.1) is 11.8 Å². The van der Waals surface area contributed by atoms with Gasteiger partial charge in [0, 0.05) is 35.4 Å². The fraction of sp³-hybridized carbons (Fsp3) is 0.0500. The van der Waals surface area contributed by atoms with Crippen molar-refractivity contribution in [1.29, 1.82) is 0 Å². The van der Waals surface area contributed by atoms with E-state index in [4.69, 9.17) is 9.97 Å². The topological polar surface area (TPSA) is 25.8 Å². The molecular formula is C40H24N2. The van der Waals surface area contributed by atoms with Gasteiger partial charge in [-0.25, -0.2) is 0 Å². The number of hydrogen-bond acceptors (Lipinski definition) is 2. The van der Waals surface area contributed by atoms with Crippen LogP contribution < -0.4 is 0 Å². The second-order valence-electron chi connectivity index (χ2n) is 11.7. The summed E-state index contributed by atoms with van der Waals surface area (Å²) in [6.45, 7) is 0. The van der Waals surface area contributed by atoms with Gasteiger partial charge in [-0.3, -0.25) is 9.97 Å². The molecular weight excluding hydrogens is 508 g/mol. The summed E-state index contributed by atoms with van der Waals surface area (Å²) in [6, 6.07) is 35.0. The van der Waals surface area contributed by atoms with E-state index in [1.807, 2.05) is 24.5 Å². The number of allylic oxidation sites excluding steroid dienone is 8. The van der Waals surface area contributed by atoms with Gasteiger partial charge in [0.15, 0.2) is 0 Å². The van der Waals surface area contributed by atoms with Crippen LogP contribution in [0.3, 0.4) is 0 Å². The van der Waals surface area contributed by atoms with Gasteiger partial charge in [-0.05, 0) is 102 Å². The molecule has 194 valence electrons. The fourth-order valence-electron chi connectivity index (χ4n) is 8.12. The second kappa shape index (κ2) is 8.11. The third kappa shape index (κ3) is 2.79. The Kier molecular flexibility index (Phi) is 4.32. The first-order valence-electron chi connectivity index (χ1n) is 14.7. The zero-order valence-electron chi connectivity index (χ0n) is 22.8. The molecule has 4 aliphatic carbocycles. The first-order chi connectivity index (χ1) is 20.9. The van der Waals surface area contributed by atoms with E-state index in [-0.39, 0.29) is 0 Å². The van der Waals surface area contributed by atoms with Crippen LogP contribution >= 0.6 is 0 Å². The summed E-state index contributed by atoms with van der Waals surface area (Å²) in [5.41, 5.74) is 15.6. The Labute approximate surface area is 243 Å². The van der Waals surface area contributed by atoms with Crippen LogP contribution in [-0.2, 0) is 0 Å². The second-order valence-corrected chi connectivity index (χ2v) is 11.7. The minimum absolute atomic E-state index is 0.343. The Morgan fingerprint density at radius 2 is 0.786 bits per heavy atom. The monoisotopic (exact) mass is 532 g/mol. The summed E-state index contributed by atoms with van der Waals surface area (Å²) in [6.07, 6.45) is 13.4. The van der Waals surface area contributed by atoms with Gasteiger partial charge in [-0.15, -0.1) is 0 Å². The summed E-state index contributed by atoms with van der Waals surface area (Å²) < 4.78 is 0. The Hall–Kier alpha value is -5.34. The van der Waals surface area contributed by atoms with Gasteiger partial charge in [0.25, 0.3) is 0 Å². The minimum Gasteiger partial charge on any atom is -0.256 e. The van der Waals surface area contributed by atoms with Crippen molar-refractivity contribution in [3.8, 4) is 22.5 Å². The van der Waals surface area contributed by atoms with Crippen molar-refractivity contribution < 1.29 is 0 Å². The number of rotatable bonds is 2. The molecule has 0 bridgehead atoms. The largest absolute Gasteiger partial charge is 0.256 e. The molecule has 2 nitrogen and oxygen atoms in total. The molecule has 6 aromatic rings. The summed E-state index contributed by atoms with van der Waals surface area (Å²) in [4.78, 5) is 9.74. The van der Waals surface area contributed by atoms with Crippen molar-refractivity contribution in [3.63, 3.8) is 0 Å². The van der Waals surface area contributed by atoms with Crippen LogP contribution in [0.15, 0.2) is 134 Å². The molecule has 0 unspecified atom stereocenters. The molecule has 0 aliphatic heterocycles. The van der Waals surface area contributed by atoms with E-state index in [1.165, 1.54) is 77.2 Å². The number of pyridine rings is 2. The summed E-state index contributed by atoms with van der Waals surface area (Å²) in [5.74, 6) is 0.720. The first-order valence-corrected chi connectivity index (χ1v) is 14.7. The average molecular weight is 533 g/mol. The molecule has 4 aliphatic rings. The molecule has 10 rings (SSSR count). The lowest BCUT2D eigenvalue weighted by Crippen LogP contribution is -2.17. The standard InChI is InChI=1S/C40H24N2/c1-2-10-24-23(9-1)27-15-17-29-31-21-33-34(22-32(31)30-18-16-28(24)39(27)40(29)30)38(36-14-6-8-20-42-36)26-12-4-3-11-25(26)37(33)35-13-5-7-19-41-35/h1-22,39-40H. The Balaban J connectivity index is 1.34. The third-order valence-electron chi connectivity index (χ3n) is 9.73. The number of nitrogens with zero attached hydrogens (tertiary/aromatic N) is 2. The smallest absolute Gasteiger partial charge is 0.0714 e. The molecule has 2 heterocycles. The van der Waals surface area contributed by atoms with Crippen LogP contribution in [0.4, 0.5) is 0 Å². The van der Waals surface area contributed by atoms with Gasteiger partial charge in [0.05, 0.1) is 11.4 Å². The van der Waals surface area contributed by atoms with Crippen LogP contribution in [0.5, 0.6) is 0 Å². The van der Waals surface area contributed by atoms with E-state index in [0.717, 1.165) is 11.4 Å². The van der Waals surface area contributed by atoms with Gasteiger partial charge >= 0.3 is 0 Å². The molecule has 42 heavy (non-hydrogen) atoms. The van der Waals surface area contributed by atoms with Crippen molar-refractivity contribution in [2.75, 3.05) is 0 Å². The van der Waals surface area contributed by atoms with E-state index in [0.29, 0.717) is 11.8 Å². The molecule has 4 aromatic carbocycles. The van der Waals surface area contributed by atoms with Crippen LogP contribution in [-0.4, -0.2) is 9.97 Å². The third-order valence-corrected chi connectivity index (χ3v) is 9.73. The molecule has 2 aromatic heterocycles. The first kappa shape index (κ1) is 22.4. The molecule has 0 atom stereocenters. The van der Waals surface area contributed by atoms with Crippen molar-refractivity contribution in [2.24, 2.45) is 11.8 Å². The highest BCUT2D eigenvalue weighted by atomic mass is 14.7. The van der Waals surface area contributed by atoms with Gasteiger partial charge < -0.3 is 0 Å². The highest BCUT2D eigenvalue weighted by molar-refractivity contribution is 6.22. The predicted octanol–water partition coefficient (Wildman–Crippen LogP) is 9.64. The molecule has 0 radical (unpaired) electrons. The van der Waals surface area contributed by atoms with E-state index >= 15 is 0 Å². The Bertz CT molecular complexity index is 2120. The lowest BCUT2D eigenvalue weighted by atomic mass is 9.72.